The molecule has 100 valence electrons. The number of aryl methyl sites for hydroxylation is 1. The number of hydrogen-bond acceptors (Lipinski definition) is 1. The van der Waals surface area contributed by atoms with Gasteiger partial charge in [-0.2, -0.15) is 0 Å². The van der Waals surface area contributed by atoms with Crippen molar-refractivity contribution in [1.29, 1.82) is 0 Å². The number of hydrogen-bond donors (Lipinski definition) is 0. The highest BCUT2D eigenvalue weighted by Gasteiger charge is 2.10. The Morgan fingerprint density at radius 3 is 2.47 bits per heavy atom. The fraction of sp³-hybridized carbons (Fsp3) is 0.250. The van der Waals surface area contributed by atoms with Gasteiger partial charge in [0.2, 0.25) is 0 Å². The van der Waals surface area contributed by atoms with Gasteiger partial charge in [0, 0.05) is 5.56 Å². The normalized spacial score (nSPS) is 10.5. The van der Waals surface area contributed by atoms with E-state index in [0.717, 1.165) is 12.8 Å². The van der Waals surface area contributed by atoms with Crippen LogP contribution in [0.4, 0.5) is 4.39 Å². The summed E-state index contributed by atoms with van der Waals surface area (Å²) in [5, 5.41) is 0. The summed E-state index contributed by atoms with van der Waals surface area (Å²) in [5.41, 5.74) is 1.90. The van der Waals surface area contributed by atoms with Crippen molar-refractivity contribution in [2.75, 3.05) is 0 Å². The number of benzene rings is 2. The number of halogens is 2. The number of rotatable bonds is 5. The summed E-state index contributed by atoms with van der Waals surface area (Å²) in [6, 6.07) is 12.5. The van der Waals surface area contributed by atoms with Gasteiger partial charge in [-0.05, 0) is 30.2 Å². The van der Waals surface area contributed by atoms with Crippen molar-refractivity contribution in [2.45, 2.75) is 25.6 Å². The predicted molar refractivity (Wildman–Crippen MR) is 76.5 cm³/mol. The van der Waals surface area contributed by atoms with Gasteiger partial charge in [-0.15, -0.1) is 11.6 Å². The predicted octanol–water partition coefficient (Wildman–Crippen LogP) is 5.31. The first-order valence-electron chi connectivity index (χ1n) is 6.34. The van der Waals surface area contributed by atoms with Crippen LogP contribution in [0.2, 0.25) is 0 Å². The standard InChI is InChI=1S/C16H16ClFO/c1-2-4-12-7-9-14(10-8-12)19-16-13(11-17)5-3-6-15(16)18/h3,5-10H,2,4,11H2,1H3. The van der Waals surface area contributed by atoms with Gasteiger partial charge in [0.25, 0.3) is 0 Å². The average Bonchev–Trinajstić information content (AvgIpc) is 2.43. The van der Waals surface area contributed by atoms with Crippen molar-refractivity contribution in [3.05, 3.63) is 59.4 Å². The SMILES string of the molecule is CCCc1ccc(Oc2c(F)cccc2CCl)cc1. The number of alkyl halides is 1. The van der Waals surface area contributed by atoms with Crippen LogP contribution in [0.5, 0.6) is 11.5 Å². The lowest BCUT2D eigenvalue weighted by Gasteiger charge is -2.11. The third-order valence-electron chi connectivity index (χ3n) is 2.87. The fourth-order valence-corrected chi connectivity index (χ4v) is 2.11. The van der Waals surface area contributed by atoms with E-state index in [9.17, 15) is 4.39 Å². The Kier molecular flexibility index (Phi) is 4.80. The van der Waals surface area contributed by atoms with Crippen LogP contribution in [0.15, 0.2) is 42.5 Å². The second-order valence-corrected chi connectivity index (χ2v) is 4.62. The molecule has 19 heavy (non-hydrogen) atoms. The average molecular weight is 279 g/mol. The molecule has 0 unspecified atom stereocenters. The third-order valence-corrected chi connectivity index (χ3v) is 3.16. The molecule has 0 heterocycles. The minimum absolute atomic E-state index is 0.209. The molecule has 0 spiro atoms. The smallest absolute Gasteiger partial charge is 0.167 e. The molecule has 0 amide bonds. The van der Waals surface area contributed by atoms with Crippen molar-refractivity contribution in [3.8, 4) is 11.5 Å². The Morgan fingerprint density at radius 2 is 1.84 bits per heavy atom. The van der Waals surface area contributed by atoms with Crippen LogP contribution in [-0.4, -0.2) is 0 Å². The van der Waals surface area contributed by atoms with E-state index in [0.29, 0.717) is 11.3 Å². The molecule has 0 N–H and O–H groups in total. The zero-order valence-electron chi connectivity index (χ0n) is 10.8. The Morgan fingerprint density at radius 1 is 1.11 bits per heavy atom. The summed E-state index contributed by atoms with van der Waals surface area (Å²) < 4.78 is 19.3. The second-order valence-electron chi connectivity index (χ2n) is 4.36. The topological polar surface area (TPSA) is 9.23 Å². The zero-order chi connectivity index (χ0) is 13.7. The third kappa shape index (κ3) is 3.48. The molecule has 0 fully saturated rings. The molecule has 0 aliphatic heterocycles. The van der Waals surface area contributed by atoms with Gasteiger partial charge in [0.1, 0.15) is 5.75 Å². The van der Waals surface area contributed by atoms with Crippen molar-refractivity contribution in [1.82, 2.24) is 0 Å². The van der Waals surface area contributed by atoms with E-state index in [1.807, 2.05) is 24.3 Å². The molecule has 3 heteroatoms. The summed E-state index contributed by atoms with van der Waals surface area (Å²) in [4.78, 5) is 0. The summed E-state index contributed by atoms with van der Waals surface area (Å²) in [7, 11) is 0. The lowest BCUT2D eigenvalue weighted by molar-refractivity contribution is 0.438. The van der Waals surface area contributed by atoms with Crippen LogP contribution in [0, 0.1) is 5.82 Å². The van der Waals surface area contributed by atoms with Crippen molar-refractivity contribution >= 4 is 11.6 Å². The van der Waals surface area contributed by atoms with E-state index in [1.54, 1.807) is 12.1 Å². The number of ether oxygens (including phenoxy) is 1. The molecule has 0 radical (unpaired) electrons. The molecule has 0 saturated heterocycles. The molecular formula is C16H16ClFO. The lowest BCUT2D eigenvalue weighted by atomic mass is 10.1. The minimum Gasteiger partial charge on any atom is -0.454 e. The summed E-state index contributed by atoms with van der Waals surface area (Å²) in [6.07, 6.45) is 2.14. The monoisotopic (exact) mass is 278 g/mol. The lowest BCUT2D eigenvalue weighted by Crippen LogP contribution is -1.93. The summed E-state index contributed by atoms with van der Waals surface area (Å²) in [6.45, 7) is 2.14. The van der Waals surface area contributed by atoms with Gasteiger partial charge in [-0.25, -0.2) is 4.39 Å². The molecule has 2 rings (SSSR count). The van der Waals surface area contributed by atoms with Crippen LogP contribution < -0.4 is 4.74 Å². The number of para-hydroxylation sites is 1. The van der Waals surface area contributed by atoms with Gasteiger partial charge in [-0.3, -0.25) is 0 Å². The van der Waals surface area contributed by atoms with E-state index in [2.05, 4.69) is 6.92 Å². The highest BCUT2D eigenvalue weighted by molar-refractivity contribution is 6.17. The largest absolute Gasteiger partial charge is 0.454 e. The first kappa shape index (κ1) is 13.9. The van der Waals surface area contributed by atoms with Crippen molar-refractivity contribution in [3.63, 3.8) is 0 Å². The highest BCUT2D eigenvalue weighted by Crippen LogP contribution is 2.29. The second kappa shape index (κ2) is 6.58. The van der Waals surface area contributed by atoms with Gasteiger partial charge in [0.05, 0.1) is 5.88 Å². The molecular weight excluding hydrogens is 263 g/mol. The van der Waals surface area contributed by atoms with E-state index in [4.69, 9.17) is 16.3 Å². The molecule has 0 bridgehead atoms. The fourth-order valence-electron chi connectivity index (χ4n) is 1.90. The Labute approximate surface area is 118 Å². The molecule has 0 aromatic heterocycles. The summed E-state index contributed by atoms with van der Waals surface area (Å²) in [5.74, 6) is 0.661. The van der Waals surface area contributed by atoms with E-state index >= 15 is 0 Å². The van der Waals surface area contributed by atoms with Crippen LogP contribution in [0.3, 0.4) is 0 Å². The molecule has 1 nitrogen and oxygen atoms in total. The van der Waals surface area contributed by atoms with Gasteiger partial charge >= 0.3 is 0 Å². The summed E-state index contributed by atoms with van der Waals surface area (Å²) >= 11 is 5.79. The maximum Gasteiger partial charge on any atom is 0.167 e. The molecule has 0 aliphatic rings. The van der Waals surface area contributed by atoms with Crippen LogP contribution in [0.1, 0.15) is 24.5 Å². The molecule has 0 atom stereocenters. The van der Waals surface area contributed by atoms with Gasteiger partial charge in [0.15, 0.2) is 11.6 Å². The minimum atomic E-state index is -0.393. The first-order valence-corrected chi connectivity index (χ1v) is 6.88. The van der Waals surface area contributed by atoms with E-state index in [-0.39, 0.29) is 11.6 Å². The van der Waals surface area contributed by atoms with E-state index in [1.165, 1.54) is 11.6 Å². The van der Waals surface area contributed by atoms with Gasteiger partial charge in [-0.1, -0.05) is 37.6 Å². The van der Waals surface area contributed by atoms with Crippen LogP contribution >= 0.6 is 11.6 Å². The van der Waals surface area contributed by atoms with Crippen LogP contribution in [0.25, 0.3) is 0 Å². The maximum atomic E-state index is 13.7. The quantitative estimate of drug-likeness (QED) is 0.674. The van der Waals surface area contributed by atoms with Crippen molar-refractivity contribution in [2.24, 2.45) is 0 Å². The molecule has 0 saturated carbocycles. The van der Waals surface area contributed by atoms with Crippen molar-refractivity contribution < 1.29 is 9.13 Å². The molecule has 2 aromatic rings. The Balaban J connectivity index is 2.21. The van der Waals surface area contributed by atoms with Gasteiger partial charge < -0.3 is 4.74 Å². The van der Waals surface area contributed by atoms with Crippen LogP contribution in [-0.2, 0) is 12.3 Å². The Hall–Kier alpha value is -1.54. The highest BCUT2D eigenvalue weighted by atomic mass is 35.5. The Bertz CT molecular complexity index is 537. The maximum absolute atomic E-state index is 13.7. The zero-order valence-corrected chi connectivity index (χ0v) is 11.6. The van der Waals surface area contributed by atoms with E-state index < -0.39 is 5.82 Å². The first-order chi connectivity index (χ1) is 9.24. The molecule has 0 aliphatic carbocycles. The molecule has 2 aromatic carbocycles.